The first-order valence-corrected chi connectivity index (χ1v) is 8.43. The summed E-state index contributed by atoms with van der Waals surface area (Å²) in [6.45, 7) is 2.47. The van der Waals surface area contributed by atoms with Gasteiger partial charge in [-0.25, -0.2) is 0 Å². The van der Waals surface area contributed by atoms with E-state index in [1.54, 1.807) is 11.9 Å². The topological polar surface area (TPSA) is 68.5 Å². The highest BCUT2D eigenvalue weighted by Crippen LogP contribution is 2.16. The highest BCUT2D eigenvalue weighted by molar-refractivity contribution is 5.77. The van der Waals surface area contributed by atoms with Crippen LogP contribution in [0.5, 0.6) is 5.75 Å². The Morgan fingerprint density at radius 1 is 1.15 bits per heavy atom. The Bertz CT molecular complexity index is 862. The van der Waals surface area contributed by atoms with E-state index in [9.17, 15) is 4.79 Å². The summed E-state index contributed by atoms with van der Waals surface area (Å²) in [5.74, 6) is 1.65. The van der Waals surface area contributed by atoms with Crippen LogP contribution in [0.15, 0.2) is 59.1 Å². The van der Waals surface area contributed by atoms with Gasteiger partial charge in [0.05, 0.1) is 0 Å². The Labute approximate surface area is 152 Å². The van der Waals surface area contributed by atoms with E-state index in [0.717, 1.165) is 11.1 Å². The van der Waals surface area contributed by atoms with Crippen molar-refractivity contribution in [2.45, 2.75) is 13.3 Å². The molecule has 0 aliphatic heterocycles. The molecule has 0 N–H and O–H groups in total. The van der Waals surface area contributed by atoms with Crippen molar-refractivity contribution in [1.82, 2.24) is 15.0 Å². The quantitative estimate of drug-likeness (QED) is 0.654. The number of nitrogens with zero attached hydrogens (tertiary/aromatic N) is 3. The molecule has 1 aromatic heterocycles. The third-order valence-corrected chi connectivity index (χ3v) is 3.94. The summed E-state index contributed by atoms with van der Waals surface area (Å²) in [5, 5.41) is 3.97. The molecule has 0 saturated carbocycles. The minimum absolute atomic E-state index is 0.00145. The van der Waals surface area contributed by atoms with Gasteiger partial charge in [-0.15, -0.1) is 0 Å². The van der Waals surface area contributed by atoms with Crippen LogP contribution < -0.4 is 4.74 Å². The van der Waals surface area contributed by atoms with Crippen molar-refractivity contribution in [2.75, 3.05) is 20.2 Å². The van der Waals surface area contributed by atoms with Gasteiger partial charge in [-0.3, -0.25) is 4.79 Å². The van der Waals surface area contributed by atoms with E-state index < -0.39 is 0 Å². The molecule has 0 fully saturated rings. The lowest BCUT2D eigenvalue weighted by molar-refractivity contribution is -0.132. The van der Waals surface area contributed by atoms with Crippen LogP contribution in [0.1, 0.15) is 11.4 Å². The van der Waals surface area contributed by atoms with Crippen molar-refractivity contribution in [1.29, 1.82) is 0 Å². The van der Waals surface area contributed by atoms with Crippen LogP contribution in [0.4, 0.5) is 0 Å². The number of hydrogen-bond acceptors (Lipinski definition) is 5. The Hall–Kier alpha value is -3.15. The molecular weight excluding hydrogens is 330 g/mol. The normalized spacial score (nSPS) is 10.5. The number of carbonyl (C=O) groups is 1. The number of aromatic nitrogens is 2. The van der Waals surface area contributed by atoms with E-state index in [0.29, 0.717) is 30.4 Å². The van der Waals surface area contributed by atoms with Crippen molar-refractivity contribution in [2.24, 2.45) is 0 Å². The molecule has 6 heteroatoms. The zero-order chi connectivity index (χ0) is 18.4. The van der Waals surface area contributed by atoms with Gasteiger partial charge in [0.25, 0.3) is 11.8 Å². The molecule has 0 unspecified atom stereocenters. The SMILES string of the molecule is Cc1cccc(OCC(=O)N(C)CCc2noc(-c3ccccc3)n2)c1. The van der Waals surface area contributed by atoms with Crippen LogP contribution in [0, 0.1) is 6.92 Å². The van der Waals surface area contributed by atoms with Gasteiger partial charge in [-0.05, 0) is 36.8 Å². The third kappa shape index (κ3) is 4.69. The average molecular weight is 351 g/mol. The number of aryl methyl sites for hydroxylation is 1. The number of hydrogen-bond donors (Lipinski definition) is 0. The Kier molecular flexibility index (Phi) is 5.63. The van der Waals surface area contributed by atoms with Crippen LogP contribution in [-0.2, 0) is 11.2 Å². The first kappa shape index (κ1) is 17.7. The lowest BCUT2D eigenvalue weighted by Gasteiger charge is -2.16. The van der Waals surface area contributed by atoms with Crippen LogP contribution >= 0.6 is 0 Å². The Morgan fingerprint density at radius 2 is 1.96 bits per heavy atom. The van der Waals surface area contributed by atoms with Crippen molar-refractivity contribution in [3.63, 3.8) is 0 Å². The molecule has 0 spiro atoms. The standard InChI is InChI=1S/C20H21N3O3/c1-15-7-6-10-17(13-15)25-14-19(24)23(2)12-11-18-21-20(26-22-18)16-8-4-3-5-9-16/h3-10,13H,11-12,14H2,1-2H3. The number of benzene rings is 2. The number of carbonyl (C=O) groups excluding carboxylic acids is 1. The zero-order valence-corrected chi connectivity index (χ0v) is 14.9. The molecule has 0 aliphatic carbocycles. The number of rotatable bonds is 7. The maximum Gasteiger partial charge on any atom is 0.260 e. The van der Waals surface area contributed by atoms with Crippen molar-refractivity contribution in [3.8, 4) is 17.2 Å². The molecule has 134 valence electrons. The summed E-state index contributed by atoms with van der Waals surface area (Å²) in [6.07, 6.45) is 0.517. The smallest absolute Gasteiger partial charge is 0.260 e. The first-order valence-electron chi connectivity index (χ1n) is 8.43. The molecule has 0 bridgehead atoms. The molecule has 0 atom stereocenters. The third-order valence-electron chi connectivity index (χ3n) is 3.94. The summed E-state index contributed by atoms with van der Waals surface area (Å²) in [5.41, 5.74) is 1.97. The molecule has 0 radical (unpaired) electrons. The highest BCUT2D eigenvalue weighted by Gasteiger charge is 2.13. The van der Waals surface area contributed by atoms with Crippen molar-refractivity contribution in [3.05, 3.63) is 66.0 Å². The van der Waals surface area contributed by atoms with Gasteiger partial charge in [0.1, 0.15) is 5.75 Å². The first-order chi connectivity index (χ1) is 12.6. The van der Waals surface area contributed by atoms with E-state index in [-0.39, 0.29) is 12.5 Å². The van der Waals surface area contributed by atoms with Gasteiger partial charge in [0, 0.05) is 25.6 Å². The molecule has 2 aromatic carbocycles. The van der Waals surface area contributed by atoms with Gasteiger partial charge < -0.3 is 14.2 Å². The Balaban J connectivity index is 1.48. The molecule has 3 aromatic rings. The minimum atomic E-state index is -0.0988. The van der Waals surface area contributed by atoms with E-state index in [2.05, 4.69) is 10.1 Å². The molecule has 1 amide bonds. The van der Waals surface area contributed by atoms with Gasteiger partial charge >= 0.3 is 0 Å². The second-order valence-corrected chi connectivity index (χ2v) is 6.05. The summed E-state index contributed by atoms with van der Waals surface area (Å²) in [4.78, 5) is 18.2. The van der Waals surface area contributed by atoms with Crippen LogP contribution in [-0.4, -0.2) is 41.1 Å². The summed E-state index contributed by atoms with van der Waals surface area (Å²) in [6, 6.07) is 17.2. The molecule has 1 heterocycles. The van der Waals surface area contributed by atoms with Gasteiger partial charge in [0.15, 0.2) is 12.4 Å². The van der Waals surface area contributed by atoms with Gasteiger partial charge in [0.2, 0.25) is 0 Å². The number of ether oxygens (including phenoxy) is 1. The minimum Gasteiger partial charge on any atom is -0.484 e. The fraction of sp³-hybridized carbons (Fsp3) is 0.250. The second kappa shape index (κ2) is 8.29. The van der Waals surface area contributed by atoms with Crippen LogP contribution in [0.25, 0.3) is 11.5 Å². The number of amides is 1. The van der Waals surface area contributed by atoms with Crippen molar-refractivity contribution >= 4 is 5.91 Å². The largest absolute Gasteiger partial charge is 0.484 e. The van der Waals surface area contributed by atoms with E-state index in [4.69, 9.17) is 9.26 Å². The zero-order valence-electron chi connectivity index (χ0n) is 14.9. The fourth-order valence-corrected chi connectivity index (χ4v) is 2.41. The van der Waals surface area contributed by atoms with Crippen LogP contribution in [0.3, 0.4) is 0 Å². The van der Waals surface area contributed by atoms with E-state index in [1.807, 2.05) is 61.5 Å². The van der Waals surface area contributed by atoms with Gasteiger partial charge in [-0.2, -0.15) is 4.98 Å². The molecule has 3 rings (SSSR count). The molecule has 0 aliphatic rings. The van der Waals surface area contributed by atoms with E-state index in [1.165, 1.54) is 0 Å². The molecular formula is C20H21N3O3. The predicted molar refractivity (Wildman–Crippen MR) is 97.7 cm³/mol. The average Bonchev–Trinajstić information content (AvgIpc) is 3.14. The molecule has 0 saturated heterocycles. The second-order valence-electron chi connectivity index (χ2n) is 6.05. The fourth-order valence-electron chi connectivity index (χ4n) is 2.41. The van der Waals surface area contributed by atoms with E-state index >= 15 is 0 Å². The monoisotopic (exact) mass is 351 g/mol. The molecule has 26 heavy (non-hydrogen) atoms. The van der Waals surface area contributed by atoms with Crippen LogP contribution in [0.2, 0.25) is 0 Å². The predicted octanol–water partition coefficient (Wildman–Crippen LogP) is 3.12. The summed E-state index contributed by atoms with van der Waals surface area (Å²) >= 11 is 0. The number of likely N-dealkylation sites (N-methyl/N-ethyl adjacent to an activating group) is 1. The molecule has 6 nitrogen and oxygen atoms in total. The summed E-state index contributed by atoms with van der Waals surface area (Å²) in [7, 11) is 1.74. The maximum atomic E-state index is 12.2. The van der Waals surface area contributed by atoms with Crippen molar-refractivity contribution < 1.29 is 14.1 Å². The summed E-state index contributed by atoms with van der Waals surface area (Å²) < 4.78 is 10.8. The highest BCUT2D eigenvalue weighted by atomic mass is 16.5. The maximum absolute atomic E-state index is 12.2. The Morgan fingerprint density at radius 3 is 2.73 bits per heavy atom. The lowest BCUT2D eigenvalue weighted by Crippen LogP contribution is -2.33. The van der Waals surface area contributed by atoms with Gasteiger partial charge in [-0.1, -0.05) is 35.5 Å². The lowest BCUT2D eigenvalue weighted by atomic mass is 10.2.